The highest BCUT2D eigenvalue weighted by molar-refractivity contribution is 6.02. The smallest absolute Gasteiger partial charge is 0.338 e. The number of ether oxygens (including phenoxy) is 1. The molecule has 0 aliphatic carbocycles. The van der Waals surface area contributed by atoms with Gasteiger partial charge in [0.25, 0.3) is 0 Å². The van der Waals surface area contributed by atoms with Crippen LogP contribution in [-0.2, 0) is 14.3 Å². The zero-order valence-corrected chi connectivity index (χ0v) is 13.2. The Hall–Kier alpha value is -3.14. The number of carbonyl (C=O) groups excluding carboxylic acids is 3. The standard InChI is InChI=1S/C17H17N3O4/c1-11(19)14(9-18)15(21)10-24-17(23)12-4-6-13(7-5-12)20-8-2-3-16(20)22/h4-7H,2-3,8,10,19H2,1H3/b14-11-. The third kappa shape index (κ3) is 3.79. The Bertz CT molecular complexity index is 740. The molecular formula is C17H17N3O4. The first kappa shape index (κ1) is 17.2. The summed E-state index contributed by atoms with van der Waals surface area (Å²) in [6.45, 7) is 1.54. The van der Waals surface area contributed by atoms with E-state index in [0.717, 1.165) is 12.1 Å². The highest BCUT2D eigenvalue weighted by Gasteiger charge is 2.22. The van der Waals surface area contributed by atoms with Gasteiger partial charge in [0.2, 0.25) is 11.7 Å². The van der Waals surface area contributed by atoms with Gasteiger partial charge in [-0.3, -0.25) is 9.59 Å². The van der Waals surface area contributed by atoms with E-state index in [1.807, 2.05) is 0 Å². The molecule has 0 spiro atoms. The molecule has 1 aliphatic heterocycles. The number of nitrogens with zero attached hydrogens (tertiary/aromatic N) is 2. The molecule has 7 heteroatoms. The van der Waals surface area contributed by atoms with E-state index in [9.17, 15) is 14.4 Å². The number of ketones is 1. The van der Waals surface area contributed by atoms with Crippen LogP contribution in [0, 0.1) is 11.3 Å². The minimum absolute atomic E-state index is 0.0592. The van der Waals surface area contributed by atoms with E-state index in [1.165, 1.54) is 19.1 Å². The van der Waals surface area contributed by atoms with Crippen LogP contribution in [0.1, 0.15) is 30.1 Å². The Balaban J connectivity index is 1.98. The Kier molecular flexibility index (Phi) is 5.32. The maximum Gasteiger partial charge on any atom is 0.338 e. The molecule has 1 amide bonds. The maximum absolute atomic E-state index is 11.9. The number of benzene rings is 1. The van der Waals surface area contributed by atoms with E-state index in [1.54, 1.807) is 23.1 Å². The molecule has 0 radical (unpaired) electrons. The molecule has 0 aromatic heterocycles. The molecule has 24 heavy (non-hydrogen) atoms. The molecule has 2 rings (SSSR count). The van der Waals surface area contributed by atoms with Crippen LogP contribution >= 0.6 is 0 Å². The number of rotatable bonds is 5. The quantitative estimate of drug-likeness (QED) is 0.495. The van der Waals surface area contributed by atoms with Gasteiger partial charge in [0.1, 0.15) is 11.6 Å². The molecule has 2 N–H and O–H groups in total. The fourth-order valence-corrected chi connectivity index (χ4v) is 2.36. The van der Waals surface area contributed by atoms with Gasteiger partial charge in [-0.1, -0.05) is 0 Å². The van der Waals surface area contributed by atoms with Crippen molar-refractivity contribution in [2.24, 2.45) is 5.73 Å². The van der Waals surface area contributed by atoms with Gasteiger partial charge in [0.15, 0.2) is 6.61 Å². The van der Waals surface area contributed by atoms with Crippen molar-refractivity contribution in [1.29, 1.82) is 5.26 Å². The number of anilines is 1. The van der Waals surface area contributed by atoms with Gasteiger partial charge in [-0.15, -0.1) is 0 Å². The van der Waals surface area contributed by atoms with E-state index in [4.69, 9.17) is 15.7 Å². The van der Waals surface area contributed by atoms with E-state index in [-0.39, 0.29) is 22.7 Å². The van der Waals surface area contributed by atoms with Crippen LogP contribution < -0.4 is 10.6 Å². The lowest BCUT2D eigenvalue weighted by molar-refractivity contribution is -0.118. The van der Waals surface area contributed by atoms with E-state index in [0.29, 0.717) is 13.0 Å². The van der Waals surface area contributed by atoms with Crippen molar-refractivity contribution in [3.8, 4) is 6.07 Å². The fourth-order valence-electron chi connectivity index (χ4n) is 2.36. The monoisotopic (exact) mass is 327 g/mol. The van der Waals surface area contributed by atoms with Crippen LogP contribution in [0.25, 0.3) is 0 Å². The molecule has 1 aromatic rings. The molecule has 0 bridgehead atoms. The number of allylic oxidation sites excluding steroid dienone is 1. The Morgan fingerprint density at radius 1 is 1.33 bits per heavy atom. The summed E-state index contributed by atoms with van der Waals surface area (Å²) < 4.78 is 4.90. The van der Waals surface area contributed by atoms with Crippen LogP contribution in [0.3, 0.4) is 0 Å². The number of hydrogen-bond donors (Lipinski definition) is 1. The maximum atomic E-state index is 11.9. The Morgan fingerprint density at radius 2 is 2.00 bits per heavy atom. The highest BCUT2D eigenvalue weighted by Crippen LogP contribution is 2.21. The number of esters is 1. The van der Waals surface area contributed by atoms with Gasteiger partial charge < -0.3 is 15.4 Å². The molecule has 0 unspecified atom stereocenters. The fraction of sp³-hybridized carbons (Fsp3) is 0.294. The number of Topliss-reactive ketones (excluding diaryl/α,β-unsaturated/α-hetero) is 1. The SMILES string of the molecule is C/C(N)=C(\C#N)C(=O)COC(=O)c1ccc(N2CCCC2=O)cc1. The van der Waals surface area contributed by atoms with Gasteiger partial charge in [0, 0.05) is 24.4 Å². The van der Waals surface area contributed by atoms with Crippen LogP contribution in [0.15, 0.2) is 35.5 Å². The Morgan fingerprint density at radius 3 is 2.50 bits per heavy atom. The molecule has 1 fully saturated rings. The lowest BCUT2D eigenvalue weighted by Gasteiger charge is -2.15. The lowest BCUT2D eigenvalue weighted by atomic mass is 10.1. The first-order valence-electron chi connectivity index (χ1n) is 7.41. The summed E-state index contributed by atoms with van der Waals surface area (Å²) >= 11 is 0. The summed E-state index contributed by atoms with van der Waals surface area (Å²) in [7, 11) is 0. The number of nitrogens with two attached hydrogens (primary N) is 1. The van der Waals surface area contributed by atoms with Crippen LogP contribution in [0.2, 0.25) is 0 Å². The molecule has 1 aromatic carbocycles. The van der Waals surface area contributed by atoms with Gasteiger partial charge in [0.05, 0.1) is 5.56 Å². The van der Waals surface area contributed by atoms with Crippen molar-refractivity contribution >= 4 is 23.3 Å². The van der Waals surface area contributed by atoms with Gasteiger partial charge in [-0.2, -0.15) is 5.26 Å². The first-order valence-corrected chi connectivity index (χ1v) is 7.41. The molecule has 0 atom stereocenters. The topological polar surface area (TPSA) is 113 Å². The van der Waals surface area contributed by atoms with Crippen LogP contribution in [0.4, 0.5) is 5.69 Å². The average molecular weight is 327 g/mol. The van der Waals surface area contributed by atoms with Gasteiger partial charge in [-0.25, -0.2) is 4.79 Å². The summed E-state index contributed by atoms with van der Waals surface area (Å²) in [5.41, 5.74) is 6.26. The zero-order chi connectivity index (χ0) is 17.7. The molecular weight excluding hydrogens is 310 g/mol. The number of nitriles is 1. The average Bonchev–Trinajstić information content (AvgIpc) is 2.99. The van der Waals surface area contributed by atoms with Gasteiger partial charge in [-0.05, 0) is 37.6 Å². The molecule has 1 heterocycles. The zero-order valence-electron chi connectivity index (χ0n) is 13.2. The summed E-state index contributed by atoms with van der Waals surface area (Å²) in [5.74, 6) is -1.27. The van der Waals surface area contributed by atoms with Crippen molar-refractivity contribution in [2.75, 3.05) is 18.1 Å². The second kappa shape index (κ2) is 7.42. The molecule has 124 valence electrons. The summed E-state index contributed by atoms with van der Waals surface area (Å²) in [4.78, 5) is 37.0. The van der Waals surface area contributed by atoms with Crippen molar-refractivity contribution in [3.05, 3.63) is 41.1 Å². The van der Waals surface area contributed by atoms with E-state index in [2.05, 4.69) is 0 Å². The summed E-state index contributed by atoms with van der Waals surface area (Å²) in [6.07, 6.45) is 1.35. The van der Waals surface area contributed by atoms with E-state index < -0.39 is 18.4 Å². The molecule has 7 nitrogen and oxygen atoms in total. The number of amides is 1. The third-order valence-electron chi connectivity index (χ3n) is 3.61. The largest absolute Gasteiger partial charge is 0.454 e. The summed E-state index contributed by atoms with van der Waals surface area (Å²) in [5, 5.41) is 8.82. The second-order valence-electron chi connectivity index (χ2n) is 5.36. The van der Waals surface area contributed by atoms with Crippen LogP contribution in [-0.4, -0.2) is 30.8 Å². The van der Waals surface area contributed by atoms with Crippen molar-refractivity contribution < 1.29 is 19.1 Å². The van der Waals surface area contributed by atoms with Crippen molar-refractivity contribution in [2.45, 2.75) is 19.8 Å². The van der Waals surface area contributed by atoms with E-state index >= 15 is 0 Å². The Labute approximate surface area is 139 Å². The molecule has 1 aliphatic rings. The van der Waals surface area contributed by atoms with Gasteiger partial charge >= 0.3 is 5.97 Å². The normalized spacial score (nSPS) is 14.8. The number of carbonyl (C=O) groups is 3. The summed E-state index contributed by atoms with van der Waals surface area (Å²) in [6, 6.07) is 8.06. The lowest BCUT2D eigenvalue weighted by Crippen LogP contribution is -2.23. The minimum Gasteiger partial charge on any atom is -0.454 e. The molecule has 0 saturated carbocycles. The number of hydrogen-bond acceptors (Lipinski definition) is 6. The second-order valence-corrected chi connectivity index (χ2v) is 5.36. The van der Waals surface area contributed by atoms with Crippen molar-refractivity contribution in [3.63, 3.8) is 0 Å². The third-order valence-corrected chi connectivity index (χ3v) is 3.61. The first-order chi connectivity index (χ1) is 11.4. The predicted molar refractivity (Wildman–Crippen MR) is 85.8 cm³/mol. The molecule has 1 saturated heterocycles. The van der Waals surface area contributed by atoms with Crippen molar-refractivity contribution in [1.82, 2.24) is 0 Å². The minimum atomic E-state index is -0.686. The predicted octanol–water partition coefficient (Wildman–Crippen LogP) is 1.30. The highest BCUT2D eigenvalue weighted by atomic mass is 16.5. The van der Waals surface area contributed by atoms with Crippen LogP contribution in [0.5, 0.6) is 0 Å².